The van der Waals surface area contributed by atoms with Crippen LogP contribution in [0.3, 0.4) is 0 Å². The molecule has 2 rings (SSSR count). The monoisotopic (exact) mass is 294 g/mol. The molecule has 1 aromatic carbocycles. The second-order valence-corrected chi connectivity index (χ2v) is 5.79. The number of aromatic amines is 1. The minimum absolute atomic E-state index is 0.290. The standard InChI is InChI=1S/C12H11FN4O2S/c1-7-12(8(2)16-15-7)17-20(18,19)11-5-3-4-10(13)9(11)6-14/h3-5,17H,1-2H3,(H,15,16). The van der Waals surface area contributed by atoms with Crippen LogP contribution in [0.2, 0.25) is 0 Å². The lowest BCUT2D eigenvalue weighted by Crippen LogP contribution is -2.16. The average Bonchev–Trinajstić information content (AvgIpc) is 2.70. The summed E-state index contributed by atoms with van der Waals surface area (Å²) in [6, 6.07) is 5.01. The molecule has 0 bridgehead atoms. The Morgan fingerprint density at radius 1 is 1.40 bits per heavy atom. The number of rotatable bonds is 3. The fourth-order valence-electron chi connectivity index (χ4n) is 1.73. The van der Waals surface area contributed by atoms with Gasteiger partial charge in [-0.25, -0.2) is 12.8 Å². The van der Waals surface area contributed by atoms with Crippen LogP contribution < -0.4 is 4.72 Å². The highest BCUT2D eigenvalue weighted by Gasteiger charge is 2.23. The smallest absolute Gasteiger partial charge is 0.263 e. The Hall–Kier alpha value is -2.40. The molecule has 0 aliphatic heterocycles. The van der Waals surface area contributed by atoms with Crippen LogP contribution in [0.1, 0.15) is 17.0 Å². The van der Waals surface area contributed by atoms with Crippen LogP contribution in [0.5, 0.6) is 0 Å². The van der Waals surface area contributed by atoms with E-state index in [4.69, 9.17) is 5.26 Å². The molecular formula is C12H11FN4O2S. The Morgan fingerprint density at radius 2 is 2.10 bits per heavy atom. The number of hydrogen-bond acceptors (Lipinski definition) is 4. The zero-order chi connectivity index (χ0) is 14.9. The van der Waals surface area contributed by atoms with Gasteiger partial charge in [-0.1, -0.05) is 6.07 Å². The van der Waals surface area contributed by atoms with Crippen molar-refractivity contribution in [3.8, 4) is 6.07 Å². The number of aryl methyl sites for hydroxylation is 2. The molecule has 2 N–H and O–H groups in total. The third-order valence-corrected chi connectivity index (χ3v) is 4.13. The van der Waals surface area contributed by atoms with Crippen LogP contribution >= 0.6 is 0 Å². The summed E-state index contributed by atoms with van der Waals surface area (Å²) in [6.07, 6.45) is 0. The van der Waals surface area contributed by atoms with E-state index in [0.29, 0.717) is 11.4 Å². The molecule has 1 aromatic heterocycles. The Labute approximate surface area is 115 Å². The third kappa shape index (κ3) is 2.35. The van der Waals surface area contributed by atoms with E-state index in [1.165, 1.54) is 12.1 Å². The summed E-state index contributed by atoms with van der Waals surface area (Å²) in [6.45, 7) is 3.27. The molecule has 20 heavy (non-hydrogen) atoms. The zero-order valence-electron chi connectivity index (χ0n) is 10.7. The largest absolute Gasteiger partial charge is 0.280 e. The fourth-order valence-corrected chi connectivity index (χ4v) is 3.08. The maximum atomic E-state index is 13.5. The number of aromatic nitrogens is 2. The van der Waals surface area contributed by atoms with Crippen LogP contribution in [0.4, 0.5) is 10.1 Å². The molecule has 0 radical (unpaired) electrons. The Morgan fingerprint density at radius 3 is 2.65 bits per heavy atom. The lowest BCUT2D eigenvalue weighted by molar-refractivity contribution is 0.593. The van der Waals surface area contributed by atoms with Crippen molar-refractivity contribution in [1.29, 1.82) is 5.26 Å². The Kier molecular flexibility index (Phi) is 3.46. The van der Waals surface area contributed by atoms with Crippen LogP contribution in [0, 0.1) is 31.0 Å². The lowest BCUT2D eigenvalue weighted by atomic mass is 10.2. The van der Waals surface area contributed by atoms with Crippen molar-refractivity contribution >= 4 is 15.7 Å². The molecule has 6 nitrogen and oxygen atoms in total. The highest BCUT2D eigenvalue weighted by atomic mass is 32.2. The molecule has 0 aliphatic carbocycles. The molecule has 0 aliphatic rings. The number of halogens is 1. The number of H-pyrrole nitrogens is 1. The second-order valence-electron chi connectivity index (χ2n) is 4.14. The first-order valence-corrected chi connectivity index (χ1v) is 7.08. The van der Waals surface area contributed by atoms with E-state index in [2.05, 4.69) is 14.9 Å². The van der Waals surface area contributed by atoms with Crippen molar-refractivity contribution in [1.82, 2.24) is 10.2 Å². The number of nitrogens with one attached hydrogen (secondary N) is 2. The van der Waals surface area contributed by atoms with Crippen molar-refractivity contribution in [3.63, 3.8) is 0 Å². The van der Waals surface area contributed by atoms with Crippen molar-refractivity contribution in [3.05, 3.63) is 41.0 Å². The fraction of sp³-hybridized carbons (Fsp3) is 0.167. The predicted octanol–water partition coefficient (Wildman–Crippen LogP) is 1.84. The number of nitrogens with zero attached hydrogens (tertiary/aromatic N) is 2. The minimum Gasteiger partial charge on any atom is -0.280 e. The molecule has 0 fully saturated rings. The number of hydrogen-bond donors (Lipinski definition) is 2. The van der Waals surface area contributed by atoms with E-state index in [9.17, 15) is 12.8 Å². The highest BCUT2D eigenvalue weighted by Crippen LogP contribution is 2.24. The van der Waals surface area contributed by atoms with E-state index >= 15 is 0 Å². The van der Waals surface area contributed by atoms with Crippen molar-refractivity contribution in [2.75, 3.05) is 4.72 Å². The summed E-state index contributed by atoms with van der Waals surface area (Å²) >= 11 is 0. The first-order chi connectivity index (χ1) is 9.36. The molecule has 0 saturated carbocycles. The number of benzene rings is 1. The van der Waals surface area contributed by atoms with E-state index in [1.807, 2.05) is 0 Å². The normalized spacial score (nSPS) is 11.1. The Bertz CT molecular complexity index is 786. The van der Waals surface area contributed by atoms with Gasteiger partial charge in [-0.3, -0.25) is 9.82 Å². The third-order valence-electron chi connectivity index (χ3n) is 2.74. The minimum atomic E-state index is -4.07. The van der Waals surface area contributed by atoms with E-state index in [1.54, 1.807) is 19.9 Å². The highest BCUT2D eigenvalue weighted by molar-refractivity contribution is 7.92. The molecule has 104 valence electrons. The molecule has 0 saturated heterocycles. The van der Waals surface area contributed by atoms with Crippen LogP contribution in [-0.2, 0) is 10.0 Å². The SMILES string of the molecule is Cc1n[nH]c(C)c1NS(=O)(=O)c1cccc(F)c1C#N. The summed E-state index contributed by atoms with van der Waals surface area (Å²) in [5, 5.41) is 15.4. The summed E-state index contributed by atoms with van der Waals surface area (Å²) in [7, 11) is -4.07. The number of sulfonamides is 1. The van der Waals surface area contributed by atoms with Gasteiger partial charge in [0.25, 0.3) is 10.0 Å². The number of nitriles is 1. The van der Waals surface area contributed by atoms with E-state index < -0.39 is 26.3 Å². The van der Waals surface area contributed by atoms with E-state index in [-0.39, 0.29) is 5.69 Å². The topological polar surface area (TPSA) is 98.6 Å². The maximum absolute atomic E-state index is 13.5. The van der Waals surface area contributed by atoms with Gasteiger partial charge in [-0.2, -0.15) is 10.4 Å². The first-order valence-electron chi connectivity index (χ1n) is 5.60. The van der Waals surface area contributed by atoms with Gasteiger partial charge in [-0.05, 0) is 26.0 Å². The van der Waals surface area contributed by atoms with Crippen LogP contribution in [0.15, 0.2) is 23.1 Å². The number of anilines is 1. The quantitative estimate of drug-likeness (QED) is 0.902. The molecule has 8 heteroatoms. The van der Waals surface area contributed by atoms with Gasteiger partial charge in [0.15, 0.2) is 0 Å². The maximum Gasteiger partial charge on any atom is 0.263 e. The van der Waals surface area contributed by atoms with Gasteiger partial charge in [0.2, 0.25) is 0 Å². The van der Waals surface area contributed by atoms with Gasteiger partial charge in [0.1, 0.15) is 22.3 Å². The van der Waals surface area contributed by atoms with Crippen molar-refractivity contribution in [2.24, 2.45) is 0 Å². The van der Waals surface area contributed by atoms with Crippen LogP contribution in [-0.4, -0.2) is 18.6 Å². The van der Waals surface area contributed by atoms with Gasteiger partial charge in [0, 0.05) is 0 Å². The lowest BCUT2D eigenvalue weighted by Gasteiger charge is -2.09. The first kappa shape index (κ1) is 14.0. The van der Waals surface area contributed by atoms with Crippen LogP contribution in [0.25, 0.3) is 0 Å². The molecule has 1 heterocycles. The molecule has 2 aromatic rings. The van der Waals surface area contributed by atoms with Crippen molar-refractivity contribution in [2.45, 2.75) is 18.7 Å². The molecule has 0 spiro atoms. The predicted molar refractivity (Wildman–Crippen MR) is 70.0 cm³/mol. The zero-order valence-corrected chi connectivity index (χ0v) is 11.5. The molecular weight excluding hydrogens is 283 g/mol. The summed E-state index contributed by atoms with van der Waals surface area (Å²) in [4.78, 5) is -0.403. The Balaban J connectivity index is 2.53. The van der Waals surface area contributed by atoms with Gasteiger partial charge >= 0.3 is 0 Å². The summed E-state index contributed by atoms with van der Waals surface area (Å²) in [5.41, 5.74) is 0.763. The summed E-state index contributed by atoms with van der Waals surface area (Å²) < 4.78 is 40.3. The molecule has 0 unspecified atom stereocenters. The van der Waals surface area contributed by atoms with Gasteiger partial charge < -0.3 is 0 Å². The average molecular weight is 294 g/mol. The van der Waals surface area contributed by atoms with Crippen molar-refractivity contribution < 1.29 is 12.8 Å². The molecule has 0 atom stereocenters. The second kappa shape index (κ2) is 4.94. The van der Waals surface area contributed by atoms with Gasteiger partial charge in [-0.15, -0.1) is 0 Å². The molecule has 0 amide bonds. The van der Waals surface area contributed by atoms with E-state index in [0.717, 1.165) is 6.07 Å². The van der Waals surface area contributed by atoms with Gasteiger partial charge in [0.05, 0.1) is 17.1 Å². The summed E-state index contributed by atoms with van der Waals surface area (Å²) in [5.74, 6) is -0.879.